The molecule has 0 radical (unpaired) electrons. The summed E-state index contributed by atoms with van der Waals surface area (Å²) in [6.07, 6.45) is 5.24. The van der Waals surface area contributed by atoms with Crippen molar-refractivity contribution in [3.63, 3.8) is 0 Å². The first-order chi connectivity index (χ1) is 11.6. The van der Waals surface area contributed by atoms with Gasteiger partial charge in [0.1, 0.15) is 5.82 Å². The number of nitrogens with one attached hydrogen (secondary N) is 1. The Morgan fingerprint density at radius 1 is 1.21 bits per heavy atom. The van der Waals surface area contributed by atoms with Crippen molar-refractivity contribution in [1.29, 1.82) is 0 Å². The van der Waals surface area contributed by atoms with E-state index in [1.165, 1.54) is 12.1 Å². The molecule has 2 aliphatic rings. The zero-order chi connectivity index (χ0) is 16.7. The molecule has 2 aliphatic heterocycles. The smallest absolute Gasteiger partial charge is 0.230 e. The van der Waals surface area contributed by atoms with Crippen LogP contribution in [-0.4, -0.2) is 23.1 Å². The standard InChI is InChI=1S/C18H16ClFN2O2/c19-12-2-1-11(9-13(12)20)22-18(23)17-15-4-3-14(24-15)16(17)10-5-7-21-8-6-10/h1-2,5-9,14-17H,3-4H2,(H,22,23)/t14-,15+,16+,17+/m0/s1. The van der Waals surface area contributed by atoms with Crippen LogP contribution in [-0.2, 0) is 9.53 Å². The molecule has 2 aromatic rings. The molecule has 124 valence electrons. The van der Waals surface area contributed by atoms with E-state index in [1.807, 2.05) is 12.1 Å². The lowest BCUT2D eigenvalue weighted by Crippen LogP contribution is -2.36. The first kappa shape index (κ1) is 15.5. The van der Waals surface area contributed by atoms with Gasteiger partial charge in [-0.1, -0.05) is 11.6 Å². The number of fused-ring (bicyclic) bond motifs is 2. The molecule has 3 heterocycles. The first-order valence-corrected chi connectivity index (χ1v) is 8.32. The highest BCUT2D eigenvalue weighted by atomic mass is 35.5. The van der Waals surface area contributed by atoms with Crippen LogP contribution < -0.4 is 5.32 Å². The second-order valence-electron chi connectivity index (χ2n) is 6.24. The third kappa shape index (κ3) is 2.68. The number of pyridine rings is 1. The molecule has 1 N–H and O–H groups in total. The molecule has 2 bridgehead atoms. The van der Waals surface area contributed by atoms with Gasteiger partial charge >= 0.3 is 0 Å². The maximum atomic E-state index is 13.6. The van der Waals surface area contributed by atoms with Gasteiger partial charge in [0.05, 0.1) is 23.1 Å². The summed E-state index contributed by atoms with van der Waals surface area (Å²) in [4.78, 5) is 16.9. The van der Waals surface area contributed by atoms with Crippen LogP contribution >= 0.6 is 11.6 Å². The van der Waals surface area contributed by atoms with Crippen LogP contribution in [0.1, 0.15) is 24.3 Å². The van der Waals surface area contributed by atoms with Crippen molar-refractivity contribution < 1.29 is 13.9 Å². The zero-order valence-corrected chi connectivity index (χ0v) is 13.5. The lowest BCUT2D eigenvalue weighted by molar-refractivity contribution is -0.121. The van der Waals surface area contributed by atoms with E-state index in [4.69, 9.17) is 16.3 Å². The summed E-state index contributed by atoms with van der Waals surface area (Å²) >= 11 is 5.69. The Bertz CT molecular complexity index is 771. The number of carbonyl (C=O) groups is 1. The molecule has 0 spiro atoms. The third-order valence-corrected chi connectivity index (χ3v) is 5.16. The number of hydrogen-bond donors (Lipinski definition) is 1. The number of halogens is 2. The largest absolute Gasteiger partial charge is 0.373 e. The number of benzene rings is 1. The van der Waals surface area contributed by atoms with Gasteiger partial charge in [-0.15, -0.1) is 0 Å². The van der Waals surface area contributed by atoms with E-state index >= 15 is 0 Å². The van der Waals surface area contributed by atoms with E-state index in [0.29, 0.717) is 5.69 Å². The molecule has 2 fully saturated rings. The fraction of sp³-hybridized carbons (Fsp3) is 0.333. The number of ether oxygens (including phenoxy) is 1. The molecule has 6 heteroatoms. The van der Waals surface area contributed by atoms with E-state index in [0.717, 1.165) is 18.4 Å². The van der Waals surface area contributed by atoms with Gasteiger partial charge in [0.2, 0.25) is 5.91 Å². The number of amides is 1. The summed E-state index contributed by atoms with van der Waals surface area (Å²) in [6, 6.07) is 8.12. The van der Waals surface area contributed by atoms with Crippen molar-refractivity contribution in [2.45, 2.75) is 31.0 Å². The van der Waals surface area contributed by atoms with Crippen LogP contribution in [0.4, 0.5) is 10.1 Å². The SMILES string of the molecule is O=C(Nc1ccc(Cl)c(F)c1)[C@H]1[C@H](c2ccncc2)[C@@H]2CC[C@H]1O2. The number of nitrogens with zero attached hydrogens (tertiary/aromatic N) is 1. The molecule has 4 nitrogen and oxygen atoms in total. The lowest BCUT2D eigenvalue weighted by Gasteiger charge is -2.27. The van der Waals surface area contributed by atoms with Crippen molar-refractivity contribution in [2.75, 3.05) is 5.32 Å². The van der Waals surface area contributed by atoms with E-state index < -0.39 is 5.82 Å². The lowest BCUT2D eigenvalue weighted by atomic mass is 9.75. The maximum Gasteiger partial charge on any atom is 0.230 e. The predicted octanol–water partition coefficient (Wildman–Crippen LogP) is 3.77. The first-order valence-electron chi connectivity index (χ1n) is 7.95. The van der Waals surface area contributed by atoms with Crippen LogP contribution in [0.5, 0.6) is 0 Å². The van der Waals surface area contributed by atoms with Crippen molar-refractivity contribution in [1.82, 2.24) is 4.98 Å². The second kappa shape index (κ2) is 6.15. The Balaban J connectivity index is 1.59. The molecule has 0 unspecified atom stereocenters. The summed E-state index contributed by atoms with van der Waals surface area (Å²) in [5, 5.41) is 2.84. The highest BCUT2D eigenvalue weighted by Gasteiger charge is 2.52. The molecule has 4 rings (SSSR count). The molecule has 4 atom stereocenters. The van der Waals surface area contributed by atoms with Gasteiger partial charge in [-0.25, -0.2) is 4.39 Å². The summed E-state index contributed by atoms with van der Waals surface area (Å²) in [6.45, 7) is 0. The van der Waals surface area contributed by atoms with Crippen LogP contribution in [0.2, 0.25) is 5.02 Å². The number of carbonyl (C=O) groups excluding carboxylic acids is 1. The van der Waals surface area contributed by atoms with Crippen LogP contribution in [0.15, 0.2) is 42.7 Å². The van der Waals surface area contributed by atoms with Crippen molar-refractivity contribution in [2.24, 2.45) is 5.92 Å². The van der Waals surface area contributed by atoms with Gasteiger partial charge in [0, 0.05) is 24.0 Å². The Hall–Kier alpha value is -1.98. The van der Waals surface area contributed by atoms with E-state index in [-0.39, 0.29) is 35.0 Å². The van der Waals surface area contributed by atoms with Gasteiger partial charge in [0.15, 0.2) is 0 Å². The van der Waals surface area contributed by atoms with E-state index in [2.05, 4.69) is 10.3 Å². The average Bonchev–Trinajstić information content (AvgIpc) is 3.20. The van der Waals surface area contributed by atoms with E-state index in [9.17, 15) is 9.18 Å². The van der Waals surface area contributed by atoms with Crippen molar-refractivity contribution in [3.05, 3.63) is 59.1 Å². The third-order valence-electron chi connectivity index (χ3n) is 4.85. The van der Waals surface area contributed by atoms with Crippen molar-refractivity contribution >= 4 is 23.2 Å². The fourth-order valence-electron chi connectivity index (χ4n) is 3.82. The number of anilines is 1. The van der Waals surface area contributed by atoms with Gasteiger partial charge in [-0.05, 0) is 48.7 Å². The second-order valence-corrected chi connectivity index (χ2v) is 6.65. The number of aromatic nitrogens is 1. The van der Waals surface area contributed by atoms with Crippen LogP contribution in [0, 0.1) is 11.7 Å². The Labute approximate surface area is 144 Å². The minimum absolute atomic E-state index is 0.00361. The van der Waals surface area contributed by atoms with Crippen LogP contribution in [0.25, 0.3) is 0 Å². The molecule has 1 aromatic carbocycles. The minimum Gasteiger partial charge on any atom is -0.373 e. The minimum atomic E-state index is -0.552. The molecular weight excluding hydrogens is 331 g/mol. The molecule has 1 aromatic heterocycles. The maximum absolute atomic E-state index is 13.6. The molecule has 0 aliphatic carbocycles. The molecule has 24 heavy (non-hydrogen) atoms. The van der Waals surface area contributed by atoms with Gasteiger partial charge < -0.3 is 10.1 Å². The summed E-state index contributed by atoms with van der Waals surface area (Å²) in [7, 11) is 0. The van der Waals surface area contributed by atoms with Gasteiger partial charge in [-0.3, -0.25) is 9.78 Å². The van der Waals surface area contributed by atoms with E-state index in [1.54, 1.807) is 18.5 Å². The predicted molar refractivity (Wildman–Crippen MR) is 88.4 cm³/mol. The molecule has 1 amide bonds. The normalized spacial score (nSPS) is 28.1. The highest BCUT2D eigenvalue weighted by molar-refractivity contribution is 6.30. The summed E-state index contributed by atoms with van der Waals surface area (Å²) in [5.41, 5.74) is 1.46. The molecule has 2 saturated heterocycles. The number of hydrogen-bond acceptors (Lipinski definition) is 3. The van der Waals surface area contributed by atoms with Gasteiger partial charge in [-0.2, -0.15) is 0 Å². The monoisotopic (exact) mass is 346 g/mol. The van der Waals surface area contributed by atoms with Crippen LogP contribution in [0.3, 0.4) is 0 Å². The molecular formula is C18H16ClFN2O2. The van der Waals surface area contributed by atoms with Crippen molar-refractivity contribution in [3.8, 4) is 0 Å². The molecule has 0 saturated carbocycles. The topological polar surface area (TPSA) is 51.2 Å². The zero-order valence-electron chi connectivity index (χ0n) is 12.8. The fourth-order valence-corrected chi connectivity index (χ4v) is 3.94. The Morgan fingerprint density at radius 2 is 1.96 bits per heavy atom. The average molecular weight is 347 g/mol. The van der Waals surface area contributed by atoms with Gasteiger partial charge in [0.25, 0.3) is 0 Å². The Kier molecular flexibility index (Phi) is 3.98. The summed E-state index contributed by atoms with van der Waals surface area (Å²) < 4.78 is 19.6. The quantitative estimate of drug-likeness (QED) is 0.920. The Morgan fingerprint density at radius 3 is 2.71 bits per heavy atom. The summed E-state index contributed by atoms with van der Waals surface area (Å²) in [5.74, 6) is -0.983. The number of rotatable bonds is 3. The highest BCUT2D eigenvalue weighted by Crippen LogP contribution is 2.49.